The SMILES string of the molecule is COC(=O)/C(=C/[C@@H](c1cccc2ccccc12)[C@@H]1C(=O)N(C)c2ccccc21)OC(C)=O. The Balaban J connectivity index is 1.97. The topological polar surface area (TPSA) is 72.9 Å². The fourth-order valence-electron chi connectivity index (χ4n) is 4.33. The molecule has 4 rings (SSSR count). The Morgan fingerprint density at radius 1 is 1.00 bits per heavy atom. The lowest BCUT2D eigenvalue weighted by Crippen LogP contribution is -2.27. The number of nitrogens with zero attached hydrogens (tertiary/aromatic N) is 1. The van der Waals surface area contributed by atoms with E-state index in [1.54, 1.807) is 11.9 Å². The molecule has 32 heavy (non-hydrogen) atoms. The monoisotopic (exact) mass is 429 g/mol. The molecule has 6 heteroatoms. The van der Waals surface area contributed by atoms with Crippen LogP contribution in [0.4, 0.5) is 5.69 Å². The van der Waals surface area contributed by atoms with Gasteiger partial charge in [-0.3, -0.25) is 9.59 Å². The minimum absolute atomic E-state index is 0.104. The van der Waals surface area contributed by atoms with Crippen molar-refractivity contribution in [1.82, 2.24) is 0 Å². The van der Waals surface area contributed by atoms with E-state index in [4.69, 9.17) is 9.47 Å². The number of methoxy groups -OCH3 is 1. The number of amides is 1. The summed E-state index contributed by atoms with van der Waals surface area (Å²) in [6.45, 7) is 1.22. The van der Waals surface area contributed by atoms with Crippen LogP contribution in [0.2, 0.25) is 0 Å². The molecule has 0 bridgehead atoms. The van der Waals surface area contributed by atoms with Crippen molar-refractivity contribution in [2.24, 2.45) is 0 Å². The number of esters is 2. The number of ether oxygens (including phenoxy) is 2. The van der Waals surface area contributed by atoms with Crippen molar-refractivity contribution in [3.63, 3.8) is 0 Å². The lowest BCUT2D eigenvalue weighted by molar-refractivity contribution is -0.148. The van der Waals surface area contributed by atoms with Crippen molar-refractivity contribution >= 4 is 34.3 Å². The molecule has 162 valence electrons. The van der Waals surface area contributed by atoms with Crippen LogP contribution in [-0.2, 0) is 23.9 Å². The smallest absolute Gasteiger partial charge is 0.373 e. The van der Waals surface area contributed by atoms with E-state index in [1.165, 1.54) is 20.1 Å². The maximum Gasteiger partial charge on any atom is 0.373 e. The zero-order valence-electron chi connectivity index (χ0n) is 18.1. The molecule has 0 spiro atoms. The quantitative estimate of drug-likeness (QED) is 0.343. The third kappa shape index (κ3) is 3.75. The average Bonchev–Trinajstić information content (AvgIpc) is 3.06. The van der Waals surface area contributed by atoms with Gasteiger partial charge in [-0.05, 0) is 34.0 Å². The number of likely N-dealkylation sites (N-methyl/N-ethyl adjacent to an activating group) is 1. The van der Waals surface area contributed by atoms with Crippen LogP contribution in [0.25, 0.3) is 10.8 Å². The van der Waals surface area contributed by atoms with Gasteiger partial charge >= 0.3 is 11.9 Å². The van der Waals surface area contributed by atoms with E-state index in [0.29, 0.717) is 0 Å². The first kappa shape index (κ1) is 21.3. The highest BCUT2D eigenvalue weighted by atomic mass is 16.6. The van der Waals surface area contributed by atoms with E-state index in [2.05, 4.69) is 0 Å². The standard InChI is InChI=1S/C26H23NO5/c1-16(28)32-23(26(30)31-3)15-21(19-13-8-10-17-9-4-5-11-18(17)19)24-20-12-6-7-14-22(20)27(2)25(24)29/h4-15,21,24H,1-3H3/b23-15-/t21-,24+/m0/s1. The van der Waals surface area contributed by atoms with Gasteiger partial charge in [0.1, 0.15) is 0 Å². The van der Waals surface area contributed by atoms with Gasteiger partial charge < -0.3 is 14.4 Å². The van der Waals surface area contributed by atoms with Crippen molar-refractivity contribution in [3.8, 4) is 0 Å². The molecule has 0 saturated carbocycles. The third-order valence-electron chi connectivity index (χ3n) is 5.74. The summed E-state index contributed by atoms with van der Waals surface area (Å²) in [5.74, 6) is -2.94. The Morgan fingerprint density at radius 2 is 1.69 bits per heavy atom. The Morgan fingerprint density at radius 3 is 2.44 bits per heavy atom. The van der Waals surface area contributed by atoms with Crippen molar-refractivity contribution in [3.05, 3.63) is 89.7 Å². The second-order valence-corrected chi connectivity index (χ2v) is 7.64. The summed E-state index contributed by atoms with van der Waals surface area (Å²) in [6, 6.07) is 21.2. The number of anilines is 1. The average molecular weight is 429 g/mol. The molecule has 0 saturated heterocycles. The number of carbonyl (C=O) groups excluding carboxylic acids is 3. The van der Waals surface area contributed by atoms with Gasteiger partial charge in [0.05, 0.1) is 13.0 Å². The number of carbonyl (C=O) groups is 3. The normalized spacial score (nSPS) is 16.6. The van der Waals surface area contributed by atoms with E-state index in [1.807, 2.05) is 66.7 Å². The van der Waals surface area contributed by atoms with Gasteiger partial charge in [-0.25, -0.2) is 4.79 Å². The molecule has 1 amide bonds. The fraction of sp³-hybridized carbons (Fsp3) is 0.192. The van der Waals surface area contributed by atoms with Crippen LogP contribution < -0.4 is 4.90 Å². The summed E-state index contributed by atoms with van der Waals surface area (Å²) in [4.78, 5) is 39.2. The number of hydrogen-bond donors (Lipinski definition) is 0. The first-order valence-corrected chi connectivity index (χ1v) is 10.2. The highest BCUT2D eigenvalue weighted by Gasteiger charge is 2.41. The Labute approximate surface area is 186 Å². The maximum absolute atomic E-state index is 13.4. The van der Waals surface area contributed by atoms with Gasteiger partial charge in [0, 0.05) is 25.6 Å². The molecule has 3 aromatic carbocycles. The lowest BCUT2D eigenvalue weighted by atomic mass is 9.80. The molecule has 0 fully saturated rings. The van der Waals surface area contributed by atoms with E-state index >= 15 is 0 Å². The van der Waals surface area contributed by atoms with Gasteiger partial charge in [-0.15, -0.1) is 0 Å². The fourth-order valence-corrected chi connectivity index (χ4v) is 4.33. The maximum atomic E-state index is 13.4. The number of hydrogen-bond acceptors (Lipinski definition) is 5. The molecule has 0 aliphatic carbocycles. The van der Waals surface area contributed by atoms with Crippen LogP contribution in [0.5, 0.6) is 0 Å². The zero-order valence-corrected chi connectivity index (χ0v) is 18.1. The van der Waals surface area contributed by atoms with Crippen LogP contribution in [-0.4, -0.2) is 32.0 Å². The number of para-hydroxylation sites is 1. The van der Waals surface area contributed by atoms with Gasteiger partial charge in [0.25, 0.3) is 0 Å². The Hall–Kier alpha value is -3.93. The van der Waals surface area contributed by atoms with Crippen LogP contribution in [0.15, 0.2) is 78.6 Å². The predicted molar refractivity (Wildman–Crippen MR) is 121 cm³/mol. The van der Waals surface area contributed by atoms with E-state index < -0.39 is 23.8 Å². The number of rotatable bonds is 5. The highest BCUT2D eigenvalue weighted by molar-refractivity contribution is 6.06. The molecule has 0 radical (unpaired) electrons. The van der Waals surface area contributed by atoms with Crippen molar-refractivity contribution < 1.29 is 23.9 Å². The largest absolute Gasteiger partial charge is 0.463 e. The summed E-state index contributed by atoms with van der Waals surface area (Å²) in [7, 11) is 2.95. The predicted octanol–water partition coefficient (Wildman–Crippen LogP) is 4.30. The summed E-state index contributed by atoms with van der Waals surface area (Å²) in [6.07, 6.45) is 1.54. The molecule has 1 heterocycles. The first-order chi connectivity index (χ1) is 15.4. The summed E-state index contributed by atoms with van der Waals surface area (Å²) >= 11 is 0. The summed E-state index contributed by atoms with van der Waals surface area (Å²) in [5.41, 5.74) is 2.51. The molecular weight excluding hydrogens is 406 g/mol. The highest BCUT2D eigenvalue weighted by Crippen LogP contribution is 2.46. The van der Waals surface area contributed by atoms with Crippen molar-refractivity contribution in [1.29, 1.82) is 0 Å². The van der Waals surface area contributed by atoms with Gasteiger partial charge in [0.15, 0.2) is 0 Å². The second kappa shape index (κ2) is 8.67. The zero-order chi connectivity index (χ0) is 22.8. The van der Waals surface area contributed by atoms with Gasteiger partial charge in [0.2, 0.25) is 11.7 Å². The van der Waals surface area contributed by atoms with Crippen LogP contribution >= 0.6 is 0 Å². The number of benzene rings is 3. The van der Waals surface area contributed by atoms with Gasteiger partial charge in [-0.2, -0.15) is 0 Å². The minimum Gasteiger partial charge on any atom is -0.463 e. The Kier molecular flexibility index (Phi) is 5.77. The molecule has 0 unspecified atom stereocenters. The minimum atomic E-state index is -0.780. The molecule has 6 nitrogen and oxygen atoms in total. The first-order valence-electron chi connectivity index (χ1n) is 10.2. The molecule has 0 aromatic heterocycles. The number of allylic oxidation sites excluding steroid dienone is 1. The molecular formula is C26H23NO5. The third-order valence-corrected chi connectivity index (χ3v) is 5.74. The van der Waals surface area contributed by atoms with Crippen molar-refractivity contribution in [2.75, 3.05) is 19.1 Å². The van der Waals surface area contributed by atoms with Crippen LogP contribution in [0, 0.1) is 0 Å². The van der Waals surface area contributed by atoms with Gasteiger partial charge in [-0.1, -0.05) is 60.7 Å². The van der Waals surface area contributed by atoms with Crippen LogP contribution in [0.3, 0.4) is 0 Å². The second-order valence-electron chi connectivity index (χ2n) is 7.64. The van der Waals surface area contributed by atoms with Crippen molar-refractivity contribution in [2.45, 2.75) is 18.8 Å². The van der Waals surface area contributed by atoms with E-state index in [-0.39, 0.29) is 11.7 Å². The Bertz CT molecular complexity index is 1240. The summed E-state index contributed by atoms with van der Waals surface area (Å²) < 4.78 is 10.0. The van der Waals surface area contributed by atoms with E-state index in [9.17, 15) is 14.4 Å². The number of fused-ring (bicyclic) bond motifs is 2. The van der Waals surface area contributed by atoms with Crippen LogP contribution in [0.1, 0.15) is 29.9 Å². The molecule has 3 aromatic rings. The summed E-state index contributed by atoms with van der Waals surface area (Å²) in [5, 5.41) is 1.95. The molecule has 2 atom stereocenters. The van der Waals surface area contributed by atoms with E-state index in [0.717, 1.165) is 27.6 Å². The lowest BCUT2D eigenvalue weighted by Gasteiger charge is -2.23. The molecule has 1 aliphatic rings. The molecule has 1 aliphatic heterocycles. The molecule has 0 N–H and O–H groups in total.